The van der Waals surface area contributed by atoms with Crippen LogP contribution in [0.5, 0.6) is 0 Å². The maximum atomic E-state index is 12.1. The molecule has 0 aliphatic carbocycles. The molecular weight excluding hydrogens is 308 g/mol. The number of carbonyl (C=O) groups is 2. The van der Waals surface area contributed by atoms with Crippen LogP contribution in [0.1, 0.15) is 32.4 Å². The zero-order chi connectivity index (χ0) is 18.0. The fourth-order valence-electron chi connectivity index (χ4n) is 1.90. The Morgan fingerprint density at radius 2 is 1.67 bits per heavy atom. The van der Waals surface area contributed by atoms with Crippen LogP contribution < -0.4 is 10.6 Å². The first kappa shape index (κ1) is 19.7. The van der Waals surface area contributed by atoms with E-state index in [2.05, 4.69) is 10.6 Å². The van der Waals surface area contributed by atoms with Crippen molar-refractivity contribution in [2.75, 3.05) is 20.2 Å². The van der Waals surface area contributed by atoms with Crippen molar-refractivity contribution in [1.82, 2.24) is 10.6 Å². The minimum absolute atomic E-state index is 0.214. The van der Waals surface area contributed by atoms with Crippen molar-refractivity contribution in [2.24, 2.45) is 0 Å². The molecule has 0 saturated carbocycles. The van der Waals surface area contributed by atoms with E-state index in [4.69, 9.17) is 9.47 Å². The zero-order valence-corrected chi connectivity index (χ0v) is 14.7. The number of hydrogen-bond donors (Lipinski definition) is 2. The quantitative estimate of drug-likeness (QED) is 0.752. The van der Waals surface area contributed by atoms with Crippen LogP contribution in [0, 0.1) is 0 Å². The van der Waals surface area contributed by atoms with Crippen molar-refractivity contribution in [1.29, 1.82) is 0 Å². The molecule has 1 aromatic carbocycles. The third-order valence-electron chi connectivity index (χ3n) is 2.90. The van der Waals surface area contributed by atoms with Gasteiger partial charge in [0.25, 0.3) is 5.91 Å². The van der Waals surface area contributed by atoms with Crippen LogP contribution in [0.25, 0.3) is 0 Å². The number of ether oxygens (including phenoxy) is 2. The lowest BCUT2D eigenvalue weighted by molar-refractivity contribution is -0.131. The van der Waals surface area contributed by atoms with Crippen LogP contribution in [0.3, 0.4) is 0 Å². The minimum atomic E-state index is -0.639. The summed E-state index contributed by atoms with van der Waals surface area (Å²) < 4.78 is 10.4. The minimum Gasteiger partial charge on any atom is -0.444 e. The lowest BCUT2D eigenvalue weighted by atomic mass is 10.1. The molecule has 132 valence electrons. The van der Waals surface area contributed by atoms with Crippen LogP contribution in [-0.2, 0) is 14.3 Å². The average Bonchev–Trinajstić information content (AvgIpc) is 2.51. The Hall–Kier alpha value is -2.34. The Kier molecular flexibility index (Phi) is 7.98. The molecule has 0 aromatic heterocycles. The van der Waals surface area contributed by atoms with E-state index in [0.717, 1.165) is 5.56 Å². The second-order valence-electron chi connectivity index (χ2n) is 6.13. The summed E-state index contributed by atoms with van der Waals surface area (Å²) in [6.07, 6.45) is 2.39. The Morgan fingerprint density at radius 3 is 2.21 bits per heavy atom. The van der Waals surface area contributed by atoms with Gasteiger partial charge in [-0.05, 0) is 26.3 Å². The SMILES string of the molecule is COC(C(=O)NC/C=C/CNC(=O)OC(C)(C)C)c1ccccc1. The van der Waals surface area contributed by atoms with Gasteiger partial charge in [-0.3, -0.25) is 4.79 Å². The van der Waals surface area contributed by atoms with E-state index in [1.54, 1.807) is 32.9 Å². The van der Waals surface area contributed by atoms with Crippen molar-refractivity contribution >= 4 is 12.0 Å². The van der Waals surface area contributed by atoms with E-state index in [1.807, 2.05) is 30.3 Å². The number of nitrogens with one attached hydrogen (secondary N) is 2. The average molecular weight is 334 g/mol. The van der Waals surface area contributed by atoms with Crippen molar-refractivity contribution in [2.45, 2.75) is 32.5 Å². The molecule has 0 fully saturated rings. The van der Waals surface area contributed by atoms with Crippen molar-refractivity contribution in [3.05, 3.63) is 48.0 Å². The highest BCUT2D eigenvalue weighted by atomic mass is 16.6. The molecule has 1 atom stereocenters. The van der Waals surface area contributed by atoms with Gasteiger partial charge in [-0.2, -0.15) is 0 Å². The van der Waals surface area contributed by atoms with E-state index in [9.17, 15) is 9.59 Å². The number of amides is 2. The first-order valence-electron chi connectivity index (χ1n) is 7.81. The number of rotatable bonds is 7. The first-order valence-corrected chi connectivity index (χ1v) is 7.81. The Morgan fingerprint density at radius 1 is 1.08 bits per heavy atom. The van der Waals surface area contributed by atoms with Gasteiger partial charge in [-0.1, -0.05) is 42.5 Å². The van der Waals surface area contributed by atoms with Gasteiger partial charge in [-0.15, -0.1) is 0 Å². The van der Waals surface area contributed by atoms with Gasteiger partial charge in [0.1, 0.15) is 5.60 Å². The maximum absolute atomic E-state index is 12.1. The summed E-state index contributed by atoms with van der Waals surface area (Å²) in [5.41, 5.74) is 0.280. The third-order valence-corrected chi connectivity index (χ3v) is 2.90. The molecule has 0 heterocycles. The molecule has 2 N–H and O–H groups in total. The molecule has 0 spiro atoms. The van der Waals surface area contributed by atoms with Gasteiger partial charge in [0, 0.05) is 20.2 Å². The first-order chi connectivity index (χ1) is 11.3. The molecule has 0 radical (unpaired) electrons. The number of methoxy groups -OCH3 is 1. The third kappa shape index (κ3) is 7.78. The van der Waals surface area contributed by atoms with E-state index in [-0.39, 0.29) is 5.91 Å². The maximum Gasteiger partial charge on any atom is 0.407 e. The van der Waals surface area contributed by atoms with Gasteiger partial charge in [0.2, 0.25) is 0 Å². The number of hydrogen-bond acceptors (Lipinski definition) is 4. The summed E-state index contributed by atoms with van der Waals surface area (Å²) >= 11 is 0. The van der Waals surface area contributed by atoms with Crippen LogP contribution in [0.4, 0.5) is 4.79 Å². The van der Waals surface area contributed by atoms with Gasteiger partial charge in [-0.25, -0.2) is 4.79 Å². The van der Waals surface area contributed by atoms with E-state index in [1.165, 1.54) is 7.11 Å². The molecule has 0 aliphatic heterocycles. The summed E-state index contributed by atoms with van der Waals surface area (Å²) in [5.74, 6) is -0.214. The summed E-state index contributed by atoms with van der Waals surface area (Å²) in [6.45, 7) is 6.09. The van der Waals surface area contributed by atoms with Crippen LogP contribution in [-0.4, -0.2) is 37.8 Å². The van der Waals surface area contributed by atoms with Gasteiger partial charge < -0.3 is 20.1 Å². The Balaban J connectivity index is 2.31. The summed E-state index contributed by atoms with van der Waals surface area (Å²) in [6, 6.07) is 9.28. The molecule has 2 amide bonds. The number of alkyl carbamates (subject to hydrolysis) is 1. The second-order valence-corrected chi connectivity index (χ2v) is 6.13. The topological polar surface area (TPSA) is 76.7 Å². The molecule has 1 aromatic rings. The van der Waals surface area contributed by atoms with E-state index >= 15 is 0 Å². The summed E-state index contributed by atoms with van der Waals surface area (Å²) in [4.78, 5) is 23.5. The highest BCUT2D eigenvalue weighted by molar-refractivity contribution is 5.82. The fraction of sp³-hybridized carbons (Fsp3) is 0.444. The van der Waals surface area contributed by atoms with Crippen molar-refractivity contribution < 1.29 is 19.1 Å². The smallest absolute Gasteiger partial charge is 0.407 e. The van der Waals surface area contributed by atoms with Gasteiger partial charge in [0.05, 0.1) is 0 Å². The zero-order valence-electron chi connectivity index (χ0n) is 14.7. The summed E-state index contributed by atoms with van der Waals surface area (Å²) in [7, 11) is 1.50. The largest absolute Gasteiger partial charge is 0.444 e. The summed E-state index contributed by atoms with van der Waals surface area (Å²) in [5, 5.41) is 5.37. The predicted molar refractivity (Wildman–Crippen MR) is 92.6 cm³/mol. The molecule has 0 saturated heterocycles. The molecule has 1 unspecified atom stereocenters. The van der Waals surface area contributed by atoms with Crippen LogP contribution in [0.2, 0.25) is 0 Å². The van der Waals surface area contributed by atoms with Gasteiger partial charge in [0.15, 0.2) is 6.10 Å². The predicted octanol–water partition coefficient (Wildman–Crippen LogP) is 2.57. The van der Waals surface area contributed by atoms with Gasteiger partial charge >= 0.3 is 6.09 Å². The van der Waals surface area contributed by atoms with Crippen LogP contribution >= 0.6 is 0 Å². The number of carbonyl (C=O) groups excluding carboxylic acids is 2. The fourth-order valence-corrected chi connectivity index (χ4v) is 1.90. The molecule has 6 heteroatoms. The van der Waals surface area contributed by atoms with E-state index in [0.29, 0.717) is 13.1 Å². The molecule has 6 nitrogen and oxygen atoms in total. The molecule has 1 rings (SSSR count). The number of benzene rings is 1. The molecule has 0 aliphatic rings. The Labute approximate surface area is 143 Å². The van der Waals surface area contributed by atoms with Crippen LogP contribution in [0.15, 0.2) is 42.5 Å². The lowest BCUT2D eigenvalue weighted by Gasteiger charge is -2.19. The molecular formula is C18H26N2O4. The normalized spacial score (nSPS) is 12.7. The Bertz CT molecular complexity index is 550. The highest BCUT2D eigenvalue weighted by Gasteiger charge is 2.18. The lowest BCUT2D eigenvalue weighted by Crippen LogP contribution is -2.32. The monoisotopic (exact) mass is 334 g/mol. The van der Waals surface area contributed by atoms with Crippen molar-refractivity contribution in [3.63, 3.8) is 0 Å². The highest BCUT2D eigenvalue weighted by Crippen LogP contribution is 2.15. The molecule has 24 heavy (non-hydrogen) atoms. The second kappa shape index (κ2) is 9.72. The van der Waals surface area contributed by atoms with Crippen molar-refractivity contribution in [3.8, 4) is 0 Å². The van der Waals surface area contributed by atoms with E-state index < -0.39 is 17.8 Å². The molecule has 0 bridgehead atoms. The standard InChI is InChI=1S/C18H26N2O4/c1-18(2,3)24-17(22)20-13-9-8-12-19-16(21)15(23-4)14-10-6-5-7-11-14/h5-11,15H,12-13H2,1-4H3,(H,19,21)(H,20,22)/b9-8+.